The fourth-order valence-electron chi connectivity index (χ4n) is 3.16. The first-order valence-electron chi connectivity index (χ1n) is 8.70. The Morgan fingerprint density at radius 3 is 3.00 bits per heavy atom. The third-order valence-electron chi connectivity index (χ3n) is 4.42. The van der Waals surface area contributed by atoms with Crippen LogP contribution < -0.4 is 14.8 Å². The summed E-state index contributed by atoms with van der Waals surface area (Å²) in [6, 6.07) is 5.63. The van der Waals surface area contributed by atoms with E-state index in [1.54, 1.807) is 0 Å². The monoisotopic (exact) mass is 348 g/mol. The molecule has 7 heteroatoms. The Morgan fingerprint density at radius 1 is 1.32 bits per heavy atom. The molecule has 136 valence electrons. The van der Waals surface area contributed by atoms with Gasteiger partial charge in [-0.05, 0) is 44.0 Å². The van der Waals surface area contributed by atoms with E-state index in [4.69, 9.17) is 14.2 Å². The highest BCUT2D eigenvalue weighted by atomic mass is 16.7. The topological polar surface area (TPSA) is 77.1 Å². The molecule has 0 radical (unpaired) electrons. The van der Waals surface area contributed by atoms with E-state index in [-0.39, 0.29) is 24.6 Å². The zero-order chi connectivity index (χ0) is 17.6. The van der Waals surface area contributed by atoms with Crippen LogP contribution >= 0.6 is 0 Å². The third-order valence-corrected chi connectivity index (χ3v) is 4.42. The second-order valence-electron chi connectivity index (χ2n) is 6.29. The minimum Gasteiger partial charge on any atom is -0.466 e. The van der Waals surface area contributed by atoms with Crippen LogP contribution in [0.25, 0.3) is 0 Å². The lowest BCUT2D eigenvalue weighted by atomic mass is 9.98. The first kappa shape index (κ1) is 17.5. The average molecular weight is 348 g/mol. The van der Waals surface area contributed by atoms with Gasteiger partial charge in [0.15, 0.2) is 11.5 Å². The van der Waals surface area contributed by atoms with Crippen LogP contribution in [0.5, 0.6) is 11.5 Å². The number of nitrogens with zero attached hydrogens (tertiary/aromatic N) is 1. The van der Waals surface area contributed by atoms with Crippen LogP contribution in [0.1, 0.15) is 25.3 Å². The minimum absolute atomic E-state index is 0.0535. The quantitative estimate of drug-likeness (QED) is 0.781. The van der Waals surface area contributed by atoms with Gasteiger partial charge in [0.1, 0.15) is 0 Å². The molecule has 1 fully saturated rings. The van der Waals surface area contributed by atoms with E-state index in [1.807, 2.05) is 30.0 Å². The second kappa shape index (κ2) is 8.20. The van der Waals surface area contributed by atoms with Crippen molar-refractivity contribution >= 4 is 11.9 Å². The van der Waals surface area contributed by atoms with Gasteiger partial charge in [-0.15, -0.1) is 0 Å². The maximum atomic E-state index is 12.2. The number of piperidine rings is 1. The summed E-state index contributed by atoms with van der Waals surface area (Å²) >= 11 is 0. The van der Waals surface area contributed by atoms with Crippen LogP contribution in [0.15, 0.2) is 18.2 Å². The van der Waals surface area contributed by atoms with E-state index < -0.39 is 0 Å². The second-order valence-corrected chi connectivity index (χ2v) is 6.29. The van der Waals surface area contributed by atoms with Gasteiger partial charge < -0.3 is 19.5 Å². The number of fused-ring (bicyclic) bond motifs is 1. The van der Waals surface area contributed by atoms with E-state index >= 15 is 0 Å². The zero-order valence-corrected chi connectivity index (χ0v) is 14.5. The van der Waals surface area contributed by atoms with Gasteiger partial charge >= 0.3 is 5.97 Å². The van der Waals surface area contributed by atoms with Crippen molar-refractivity contribution in [2.24, 2.45) is 5.92 Å². The molecule has 1 aromatic rings. The molecule has 3 rings (SSSR count). The Hall–Kier alpha value is -2.28. The molecule has 0 saturated carbocycles. The van der Waals surface area contributed by atoms with Crippen LogP contribution in [0, 0.1) is 5.92 Å². The molecule has 0 spiro atoms. The Labute approximate surface area is 147 Å². The molecule has 2 heterocycles. The summed E-state index contributed by atoms with van der Waals surface area (Å²) in [5.74, 6) is 1.10. The molecule has 0 bridgehead atoms. The molecular weight excluding hydrogens is 324 g/mol. The minimum atomic E-state index is -0.159. The molecule has 2 aliphatic heterocycles. The molecule has 1 amide bonds. The molecule has 7 nitrogen and oxygen atoms in total. The van der Waals surface area contributed by atoms with E-state index in [9.17, 15) is 9.59 Å². The molecule has 2 aliphatic rings. The van der Waals surface area contributed by atoms with Gasteiger partial charge in [-0.25, -0.2) is 0 Å². The first-order chi connectivity index (χ1) is 12.2. The summed E-state index contributed by atoms with van der Waals surface area (Å²) in [4.78, 5) is 26.1. The van der Waals surface area contributed by atoms with Crippen LogP contribution in [0.4, 0.5) is 0 Å². The fourth-order valence-corrected chi connectivity index (χ4v) is 3.16. The molecule has 1 aromatic carbocycles. The Kier molecular flexibility index (Phi) is 5.75. The van der Waals surface area contributed by atoms with Gasteiger partial charge in [-0.3, -0.25) is 14.5 Å². The van der Waals surface area contributed by atoms with Gasteiger partial charge in [-0.1, -0.05) is 6.07 Å². The standard InChI is InChI=1S/C18H24N2O5/c1-2-23-18(22)14-4-3-7-20(10-14)11-17(21)19-9-13-5-6-15-16(8-13)25-12-24-15/h5-6,8,14H,2-4,7,9-12H2,1H3,(H,19,21)/t14-/m1/s1. The predicted molar refractivity (Wildman–Crippen MR) is 90.2 cm³/mol. The number of rotatable bonds is 6. The maximum Gasteiger partial charge on any atom is 0.310 e. The zero-order valence-electron chi connectivity index (χ0n) is 14.5. The molecule has 0 unspecified atom stereocenters. The van der Waals surface area contributed by atoms with E-state index in [0.29, 0.717) is 32.0 Å². The number of amides is 1. The molecule has 1 atom stereocenters. The van der Waals surface area contributed by atoms with Crippen molar-refractivity contribution in [2.45, 2.75) is 26.3 Å². The van der Waals surface area contributed by atoms with Crippen molar-refractivity contribution in [3.8, 4) is 11.5 Å². The summed E-state index contributed by atoms with van der Waals surface area (Å²) in [6.45, 7) is 4.57. The Morgan fingerprint density at radius 2 is 2.16 bits per heavy atom. The van der Waals surface area contributed by atoms with Crippen LogP contribution in [-0.2, 0) is 20.9 Å². The van der Waals surface area contributed by atoms with E-state index in [2.05, 4.69) is 5.32 Å². The fraction of sp³-hybridized carbons (Fsp3) is 0.556. The highest BCUT2D eigenvalue weighted by Crippen LogP contribution is 2.32. The lowest BCUT2D eigenvalue weighted by molar-refractivity contribution is -0.150. The van der Waals surface area contributed by atoms with Crippen LogP contribution in [-0.4, -0.2) is 49.8 Å². The van der Waals surface area contributed by atoms with Crippen molar-refractivity contribution in [1.29, 1.82) is 0 Å². The molecule has 0 aliphatic carbocycles. The Bertz CT molecular complexity index is 634. The van der Waals surface area contributed by atoms with Crippen molar-refractivity contribution in [1.82, 2.24) is 10.2 Å². The van der Waals surface area contributed by atoms with Gasteiger partial charge in [0, 0.05) is 13.1 Å². The lowest BCUT2D eigenvalue weighted by Gasteiger charge is -2.30. The molecule has 25 heavy (non-hydrogen) atoms. The highest BCUT2D eigenvalue weighted by molar-refractivity contribution is 5.78. The van der Waals surface area contributed by atoms with Crippen LogP contribution in [0.2, 0.25) is 0 Å². The van der Waals surface area contributed by atoms with E-state index in [1.165, 1.54) is 0 Å². The normalized spacial score (nSPS) is 19.5. The number of ether oxygens (including phenoxy) is 3. The van der Waals surface area contributed by atoms with Gasteiger partial charge in [-0.2, -0.15) is 0 Å². The average Bonchev–Trinajstić information content (AvgIpc) is 3.08. The number of esters is 1. The largest absolute Gasteiger partial charge is 0.466 e. The predicted octanol–water partition coefficient (Wildman–Crippen LogP) is 1.31. The summed E-state index contributed by atoms with van der Waals surface area (Å²) in [5.41, 5.74) is 0.959. The smallest absolute Gasteiger partial charge is 0.310 e. The van der Waals surface area contributed by atoms with E-state index in [0.717, 1.165) is 30.7 Å². The summed E-state index contributed by atoms with van der Waals surface area (Å²) in [6.07, 6.45) is 1.73. The maximum absolute atomic E-state index is 12.2. The summed E-state index contributed by atoms with van der Waals surface area (Å²) in [5, 5.41) is 2.91. The Balaban J connectivity index is 1.45. The SMILES string of the molecule is CCOC(=O)[C@@H]1CCCN(CC(=O)NCc2ccc3c(c2)OCO3)C1. The van der Waals surface area contributed by atoms with Crippen molar-refractivity contribution in [3.05, 3.63) is 23.8 Å². The molecule has 0 aromatic heterocycles. The number of carbonyl (C=O) groups excluding carboxylic acids is 2. The number of carbonyl (C=O) groups is 2. The van der Waals surface area contributed by atoms with Crippen molar-refractivity contribution < 1.29 is 23.8 Å². The number of nitrogens with one attached hydrogen (secondary N) is 1. The number of benzene rings is 1. The number of likely N-dealkylation sites (tertiary alicyclic amines) is 1. The number of hydrogen-bond donors (Lipinski definition) is 1. The van der Waals surface area contributed by atoms with Gasteiger partial charge in [0.25, 0.3) is 0 Å². The van der Waals surface area contributed by atoms with Crippen molar-refractivity contribution in [2.75, 3.05) is 33.0 Å². The molecule has 1 N–H and O–H groups in total. The summed E-state index contributed by atoms with van der Waals surface area (Å²) in [7, 11) is 0. The van der Waals surface area contributed by atoms with Gasteiger partial charge in [0.2, 0.25) is 12.7 Å². The highest BCUT2D eigenvalue weighted by Gasteiger charge is 2.27. The summed E-state index contributed by atoms with van der Waals surface area (Å²) < 4.78 is 15.7. The first-order valence-corrected chi connectivity index (χ1v) is 8.70. The van der Waals surface area contributed by atoms with Crippen molar-refractivity contribution in [3.63, 3.8) is 0 Å². The molecular formula is C18H24N2O5. The van der Waals surface area contributed by atoms with Gasteiger partial charge in [0.05, 0.1) is 19.1 Å². The van der Waals surface area contributed by atoms with Crippen LogP contribution in [0.3, 0.4) is 0 Å². The number of hydrogen-bond acceptors (Lipinski definition) is 6. The molecule has 1 saturated heterocycles. The third kappa shape index (κ3) is 4.63. The lowest BCUT2D eigenvalue weighted by Crippen LogP contribution is -2.44.